The lowest BCUT2D eigenvalue weighted by molar-refractivity contribution is 0.212. The highest BCUT2D eigenvalue weighted by Gasteiger charge is 2.34. The molecule has 0 bridgehead atoms. The molecule has 0 radical (unpaired) electrons. The summed E-state index contributed by atoms with van der Waals surface area (Å²) >= 11 is 0. The van der Waals surface area contributed by atoms with E-state index in [-0.39, 0.29) is 12.5 Å². The Morgan fingerprint density at radius 2 is 2.19 bits per heavy atom. The maximum atomic E-state index is 9.67. The highest BCUT2D eigenvalue weighted by molar-refractivity contribution is 5.15. The second-order valence-corrected chi connectivity index (χ2v) is 5.90. The third-order valence-corrected chi connectivity index (χ3v) is 4.30. The Kier molecular flexibility index (Phi) is 4.03. The molecule has 0 aromatic carbocycles. The number of aliphatic hydroxyl groups excluding tert-OH is 1. The molecule has 21 heavy (non-hydrogen) atoms. The van der Waals surface area contributed by atoms with Crippen molar-refractivity contribution in [3.63, 3.8) is 0 Å². The molecule has 3 rings (SSSR count). The molecule has 5 nitrogen and oxygen atoms in total. The molecule has 2 atom stereocenters. The Morgan fingerprint density at radius 3 is 2.81 bits per heavy atom. The topological polar surface area (TPSA) is 54.2 Å². The van der Waals surface area contributed by atoms with Gasteiger partial charge in [-0.1, -0.05) is 6.07 Å². The molecule has 112 valence electrons. The summed E-state index contributed by atoms with van der Waals surface area (Å²) in [5, 5.41) is 14.1. The van der Waals surface area contributed by atoms with Gasteiger partial charge in [0.05, 0.1) is 11.4 Å². The van der Waals surface area contributed by atoms with Gasteiger partial charge in [0.2, 0.25) is 0 Å². The molecule has 1 aliphatic rings. The van der Waals surface area contributed by atoms with Gasteiger partial charge in [0.15, 0.2) is 0 Å². The van der Waals surface area contributed by atoms with Crippen molar-refractivity contribution in [1.29, 1.82) is 0 Å². The van der Waals surface area contributed by atoms with E-state index >= 15 is 0 Å². The van der Waals surface area contributed by atoms with Crippen LogP contribution in [0.1, 0.15) is 23.0 Å². The number of hydrogen-bond acceptors (Lipinski definition) is 4. The molecule has 0 spiro atoms. The van der Waals surface area contributed by atoms with Gasteiger partial charge in [-0.25, -0.2) is 0 Å². The SMILES string of the molecule is Cc1cc(CN2C[C@@H](CO)[C@H](c3ccccn3)C2)n(C)n1. The van der Waals surface area contributed by atoms with Crippen LogP contribution in [0, 0.1) is 12.8 Å². The smallest absolute Gasteiger partial charge is 0.0597 e. The molecule has 5 heteroatoms. The minimum absolute atomic E-state index is 0.210. The fourth-order valence-corrected chi connectivity index (χ4v) is 3.25. The lowest BCUT2D eigenvalue weighted by Gasteiger charge is -2.15. The van der Waals surface area contributed by atoms with Crippen LogP contribution in [0.4, 0.5) is 0 Å². The molecule has 2 aromatic heterocycles. The number of likely N-dealkylation sites (tertiary alicyclic amines) is 1. The summed E-state index contributed by atoms with van der Waals surface area (Å²) in [6.45, 7) is 4.94. The zero-order valence-corrected chi connectivity index (χ0v) is 12.6. The summed E-state index contributed by atoms with van der Waals surface area (Å²) in [5.74, 6) is 0.569. The van der Waals surface area contributed by atoms with Crippen LogP contribution >= 0.6 is 0 Å². The van der Waals surface area contributed by atoms with Crippen LogP contribution in [0.15, 0.2) is 30.5 Å². The van der Waals surface area contributed by atoms with E-state index in [0.717, 1.165) is 31.0 Å². The number of aryl methyl sites for hydroxylation is 2. The lowest BCUT2D eigenvalue weighted by atomic mass is 9.93. The van der Waals surface area contributed by atoms with E-state index in [9.17, 15) is 5.11 Å². The average molecular weight is 286 g/mol. The molecule has 1 aliphatic heterocycles. The van der Waals surface area contributed by atoms with Crippen LogP contribution in [-0.4, -0.2) is 44.5 Å². The largest absolute Gasteiger partial charge is 0.396 e. The van der Waals surface area contributed by atoms with E-state index in [1.54, 1.807) is 0 Å². The van der Waals surface area contributed by atoms with Crippen molar-refractivity contribution >= 4 is 0 Å². The molecule has 2 aromatic rings. The van der Waals surface area contributed by atoms with Gasteiger partial charge in [-0.3, -0.25) is 14.6 Å². The second kappa shape index (κ2) is 5.95. The first-order valence-corrected chi connectivity index (χ1v) is 7.41. The fourth-order valence-electron chi connectivity index (χ4n) is 3.25. The Hall–Kier alpha value is -1.72. The maximum absolute atomic E-state index is 9.67. The monoisotopic (exact) mass is 286 g/mol. The van der Waals surface area contributed by atoms with Gasteiger partial charge >= 0.3 is 0 Å². The highest BCUT2D eigenvalue weighted by Crippen LogP contribution is 2.32. The van der Waals surface area contributed by atoms with Gasteiger partial charge < -0.3 is 5.11 Å². The van der Waals surface area contributed by atoms with Crippen LogP contribution < -0.4 is 0 Å². The predicted molar refractivity (Wildman–Crippen MR) is 80.8 cm³/mol. The van der Waals surface area contributed by atoms with Crippen LogP contribution in [0.2, 0.25) is 0 Å². The molecule has 0 aliphatic carbocycles. The van der Waals surface area contributed by atoms with E-state index in [4.69, 9.17) is 0 Å². The number of nitrogens with zero attached hydrogens (tertiary/aromatic N) is 4. The summed E-state index contributed by atoms with van der Waals surface area (Å²) in [5.41, 5.74) is 3.35. The van der Waals surface area contributed by atoms with Gasteiger partial charge in [-0.05, 0) is 25.1 Å². The third kappa shape index (κ3) is 2.99. The molecular formula is C16H22N4O. The summed E-state index contributed by atoms with van der Waals surface area (Å²) in [6.07, 6.45) is 1.83. The third-order valence-electron chi connectivity index (χ3n) is 4.30. The summed E-state index contributed by atoms with van der Waals surface area (Å²) < 4.78 is 1.94. The number of hydrogen-bond donors (Lipinski definition) is 1. The quantitative estimate of drug-likeness (QED) is 0.921. The van der Waals surface area contributed by atoms with Crippen LogP contribution in [0.25, 0.3) is 0 Å². The summed E-state index contributed by atoms with van der Waals surface area (Å²) in [4.78, 5) is 6.85. The van der Waals surface area contributed by atoms with Crippen molar-refractivity contribution in [1.82, 2.24) is 19.7 Å². The van der Waals surface area contributed by atoms with Crippen molar-refractivity contribution in [3.05, 3.63) is 47.5 Å². The lowest BCUT2D eigenvalue weighted by Crippen LogP contribution is -2.22. The highest BCUT2D eigenvalue weighted by atomic mass is 16.3. The minimum Gasteiger partial charge on any atom is -0.396 e. The summed E-state index contributed by atoms with van der Waals surface area (Å²) in [6, 6.07) is 8.14. The van der Waals surface area contributed by atoms with Crippen LogP contribution in [0.5, 0.6) is 0 Å². The first-order valence-electron chi connectivity index (χ1n) is 7.41. The maximum Gasteiger partial charge on any atom is 0.0597 e. The molecular weight excluding hydrogens is 264 g/mol. The van der Waals surface area contributed by atoms with Gasteiger partial charge in [-0.2, -0.15) is 5.10 Å². The van der Waals surface area contributed by atoms with Gasteiger partial charge in [0.1, 0.15) is 0 Å². The Labute approximate surface area is 125 Å². The van der Waals surface area contributed by atoms with E-state index < -0.39 is 0 Å². The number of pyridine rings is 1. The van der Waals surface area contributed by atoms with Crippen molar-refractivity contribution in [2.45, 2.75) is 19.4 Å². The van der Waals surface area contributed by atoms with Crippen molar-refractivity contribution < 1.29 is 5.11 Å². The molecule has 1 fully saturated rings. The second-order valence-electron chi connectivity index (χ2n) is 5.90. The average Bonchev–Trinajstić information content (AvgIpc) is 3.03. The van der Waals surface area contributed by atoms with E-state index in [1.807, 2.05) is 37.0 Å². The zero-order valence-electron chi connectivity index (χ0n) is 12.6. The first-order chi connectivity index (χ1) is 10.2. The zero-order chi connectivity index (χ0) is 14.8. The number of rotatable bonds is 4. The van der Waals surface area contributed by atoms with Gasteiger partial charge in [0.25, 0.3) is 0 Å². The fraction of sp³-hybridized carbons (Fsp3) is 0.500. The normalized spacial score (nSPS) is 22.8. The minimum atomic E-state index is 0.210. The predicted octanol–water partition coefficient (Wildman–Crippen LogP) is 1.33. The standard InChI is InChI=1S/C16H22N4O/c1-12-7-14(19(2)18-12)9-20-8-13(11-21)15(10-20)16-5-3-4-6-17-16/h3-7,13,15,21H,8-11H2,1-2H3/t13-,15+/m0/s1. The van der Waals surface area contributed by atoms with E-state index in [2.05, 4.69) is 27.1 Å². The molecule has 1 saturated heterocycles. The van der Waals surface area contributed by atoms with Crippen LogP contribution in [0.3, 0.4) is 0 Å². The molecule has 0 amide bonds. The molecule has 3 heterocycles. The van der Waals surface area contributed by atoms with Gasteiger partial charge in [-0.15, -0.1) is 0 Å². The first kappa shape index (κ1) is 14.2. The van der Waals surface area contributed by atoms with Crippen molar-refractivity contribution in [3.8, 4) is 0 Å². The van der Waals surface area contributed by atoms with Gasteiger partial charge in [0, 0.05) is 57.0 Å². The van der Waals surface area contributed by atoms with E-state index in [1.165, 1.54) is 5.69 Å². The molecule has 0 saturated carbocycles. The number of aromatic nitrogens is 3. The number of aliphatic hydroxyl groups is 1. The Morgan fingerprint density at radius 1 is 1.33 bits per heavy atom. The van der Waals surface area contributed by atoms with E-state index in [0.29, 0.717) is 5.92 Å². The van der Waals surface area contributed by atoms with Crippen molar-refractivity contribution in [2.24, 2.45) is 13.0 Å². The van der Waals surface area contributed by atoms with Crippen molar-refractivity contribution in [2.75, 3.05) is 19.7 Å². The Balaban J connectivity index is 1.74. The summed E-state index contributed by atoms with van der Waals surface area (Å²) in [7, 11) is 1.98. The van der Waals surface area contributed by atoms with Crippen LogP contribution in [-0.2, 0) is 13.6 Å². The molecule has 1 N–H and O–H groups in total. The Bertz CT molecular complexity index is 596. The molecule has 0 unspecified atom stereocenters.